The number of hydrogen-bond acceptors (Lipinski definition) is 3. The third-order valence-corrected chi connectivity index (χ3v) is 3.89. The molecule has 1 atom stereocenters. The lowest BCUT2D eigenvalue weighted by atomic mass is 10.2. The maximum atomic E-state index is 12.7. The fraction of sp³-hybridized carbons (Fsp3) is 0.278. The number of amides is 1. The minimum Gasteiger partial charge on any atom is -0.480 e. The van der Waals surface area contributed by atoms with Crippen LogP contribution in [0.5, 0.6) is 17.2 Å². The number of rotatable bonds is 6. The van der Waals surface area contributed by atoms with Gasteiger partial charge in [-0.3, -0.25) is 4.79 Å². The number of ether oxygens (including phenoxy) is 2. The molecule has 0 radical (unpaired) electrons. The summed E-state index contributed by atoms with van der Waals surface area (Å²) in [6, 6.07) is 7.63. The second-order valence-corrected chi connectivity index (χ2v) is 6.00. The fourth-order valence-corrected chi connectivity index (χ4v) is 2.42. The van der Waals surface area contributed by atoms with Crippen molar-refractivity contribution in [3.05, 3.63) is 52.5 Å². The average molecular weight is 388 g/mol. The molecule has 4 nitrogen and oxygen atoms in total. The van der Waals surface area contributed by atoms with Crippen LogP contribution in [0.4, 0.5) is 13.2 Å². The van der Waals surface area contributed by atoms with Crippen LogP contribution in [0.2, 0.25) is 5.02 Å². The highest BCUT2D eigenvalue weighted by atomic mass is 35.5. The number of nitrogens with two attached hydrogens (primary N) is 1. The first-order valence-corrected chi connectivity index (χ1v) is 8.10. The van der Waals surface area contributed by atoms with Gasteiger partial charge in [-0.15, -0.1) is 0 Å². The van der Waals surface area contributed by atoms with Gasteiger partial charge < -0.3 is 15.2 Å². The summed E-state index contributed by atoms with van der Waals surface area (Å²) in [7, 11) is 0. The predicted molar refractivity (Wildman–Crippen MR) is 91.6 cm³/mol. The average Bonchev–Trinajstić information content (AvgIpc) is 2.54. The minimum absolute atomic E-state index is 0.0938. The normalized spacial score (nSPS) is 12.5. The summed E-state index contributed by atoms with van der Waals surface area (Å²) in [6.45, 7) is 3.51. The fourth-order valence-electron chi connectivity index (χ4n) is 2.20. The van der Waals surface area contributed by atoms with Crippen molar-refractivity contribution >= 4 is 17.5 Å². The quantitative estimate of drug-likeness (QED) is 0.749. The van der Waals surface area contributed by atoms with Crippen LogP contribution in [0.3, 0.4) is 0 Å². The Balaban J connectivity index is 2.19. The predicted octanol–water partition coefficient (Wildman–Crippen LogP) is 5.10. The summed E-state index contributed by atoms with van der Waals surface area (Å²) >= 11 is 5.88. The van der Waals surface area contributed by atoms with Gasteiger partial charge in [-0.05, 0) is 55.3 Å². The summed E-state index contributed by atoms with van der Waals surface area (Å²) in [5.74, 6) is 0.352. The Hall–Kier alpha value is -2.41. The third kappa shape index (κ3) is 4.82. The van der Waals surface area contributed by atoms with Gasteiger partial charge in [0.25, 0.3) is 5.91 Å². The van der Waals surface area contributed by atoms with E-state index in [0.717, 1.165) is 18.2 Å². The van der Waals surface area contributed by atoms with Gasteiger partial charge in [0.1, 0.15) is 17.2 Å². The largest absolute Gasteiger partial charge is 0.480 e. The molecule has 0 bridgehead atoms. The van der Waals surface area contributed by atoms with Gasteiger partial charge in [-0.2, -0.15) is 13.2 Å². The van der Waals surface area contributed by atoms with Crippen LogP contribution in [-0.4, -0.2) is 12.0 Å². The number of alkyl halides is 3. The van der Waals surface area contributed by atoms with Gasteiger partial charge in [0.05, 0.1) is 10.6 Å². The maximum absolute atomic E-state index is 12.7. The van der Waals surface area contributed by atoms with E-state index in [-0.39, 0.29) is 10.8 Å². The minimum atomic E-state index is -4.48. The zero-order valence-corrected chi connectivity index (χ0v) is 14.8. The number of benzene rings is 2. The Kier molecular flexibility index (Phi) is 6.02. The molecule has 1 unspecified atom stereocenters. The second kappa shape index (κ2) is 7.86. The van der Waals surface area contributed by atoms with Crippen LogP contribution in [0, 0.1) is 6.92 Å². The molecule has 2 aromatic rings. The highest BCUT2D eigenvalue weighted by Gasteiger charge is 2.31. The summed E-state index contributed by atoms with van der Waals surface area (Å²) < 4.78 is 49.1. The zero-order valence-electron chi connectivity index (χ0n) is 14.1. The van der Waals surface area contributed by atoms with E-state index in [1.54, 1.807) is 32.0 Å². The van der Waals surface area contributed by atoms with Crippen molar-refractivity contribution in [1.29, 1.82) is 0 Å². The van der Waals surface area contributed by atoms with Crippen LogP contribution >= 0.6 is 11.6 Å². The first kappa shape index (κ1) is 19.9. The SMILES string of the molecule is CCC(Oc1ccc(Oc2ccc(C(F)(F)F)cc2Cl)cc1C)C(N)=O. The van der Waals surface area contributed by atoms with E-state index in [0.29, 0.717) is 23.5 Å². The lowest BCUT2D eigenvalue weighted by Gasteiger charge is -2.17. The first-order chi connectivity index (χ1) is 12.1. The molecule has 0 heterocycles. The molecule has 2 N–H and O–H groups in total. The van der Waals surface area contributed by atoms with E-state index in [1.165, 1.54) is 0 Å². The smallest absolute Gasteiger partial charge is 0.416 e. The van der Waals surface area contributed by atoms with Crippen molar-refractivity contribution in [3.63, 3.8) is 0 Å². The van der Waals surface area contributed by atoms with Gasteiger partial charge in [-0.1, -0.05) is 18.5 Å². The molecule has 1 amide bonds. The molecule has 2 aromatic carbocycles. The van der Waals surface area contributed by atoms with Crippen molar-refractivity contribution < 1.29 is 27.4 Å². The molecule has 0 aliphatic rings. The first-order valence-electron chi connectivity index (χ1n) is 7.73. The Morgan fingerprint density at radius 2 is 1.85 bits per heavy atom. The Labute approximate surface area is 153 Å². The number of carbonyl (C=O) groups is 1. The Morgan fingerprint density at radius 3 is 2.35 bits per heavy atom. The molecule has 8 heteroatoms. The van der Waals surface area contributed by atoms with E-state index in [4.69, 9.17) is 26.8 Å². The molecule has 0 spiro atoms. The van der Waals surface area contributed by atoms with Gasteiger partial charge in [0.15, 0.2) is 6.10 Å². The molecular weight excluding hydrogens is 371 g/mol. The molecule has 0 saturated heterocycles. The van der Waals surface area contributed by atoms with Crippen LogP contribution < -0.4 is 15.2 Å². The third-order valence-electron chi connectivity index (χ3n) is 3.59. The molecule has 0 fully saturated rings. The summed E-state index contributed by atoms with van der Waals surface area (Å²) in [5, 5.41) is -0.155. The topological polar surface area (TPSA) is 61.6 Å². The van der Waals surface area contributed by atoms with Crippen LogP contribution in [-0.2, 0) is 11.0 Å². The van der Waals surface area contributed by atoms with Crippen molar-refractivity contribution in [1.82, 2.24) is 0 Å². The van der Waals surface area contributed by atoms with Crippen LogP contribution in [0.25, 0.3) is 0 Å². The van der Waals surface area contributed by atoms with E-state index < -0.39 is 23.8 Å². The molecule has 26 heavy (non-hydrogen) atoms. The van der Waals surface area contributed by atoms with Crippen molar-refractivity contribution in [2.24, 2.45) is 5.73 Å². The molecule has 2 rings (SSSR count). The molecular formula is C18H17ClF3NO3. The van der Waals surface area contributed by atoms with Gasteiger partial charge in [-0.25, -0.2) is 0 Å². The van der Waals surface area contributed by atoms with Crippen molar-refractivity contribution in [2.75, 3.05) is 0 Å². The molecule has 0 aliphatic carbocycles. The van der Waals surface area contributed by atoms with Crippen LogP contribution in [0.1, 0.15) is 24.5 Å². The van der Waals surface area contributed by atoms with E-state index in [9.17, 15) is 18.0 Å². The Morgan fingerprint density at radius 1 is 1.19 bits per heavy atom. The van der Waals surface area contributed by atoms with Gasteiger partial charge in [0, 0.05) is 0 Å². The van der Waals surface area contributed by atoms with Crippen molar-refractivity contribution in [2.45, 2.75) is 32.5 Å². The molecule has 0 saturated carbocycles. The number of carbonyl (C=O) groups excluding carboxylic acids is 1. The molecule has 0 aliphatic heterocycles. The van der Waals surface area contributed by atoms with E-state index in [2.05, 4.69) is 0 Å². The van der Waals surface area contributed by atoms with Crippen LogP contribution in [0.15, 0.2) is 36.4 Å². The number of hydrogen-bond donors (Lipinski definition) is 1. The van der Waals surface area contributed by atoms with E-state index in [1.807, 2.05) is 0 Å². The Bertz CT molecular complexity index is 809. The lowest BCUT2D eigenvalue weighted by Crippen LogP contribution is -2.33. The zero-order chi connectivity index (χ0) is 19.5. The van der Waals surface area contributed by atoms with Gasteiger partial charge in [0.2, 0.25) is 0 Å². The van der Waals surface area contributed by atoms with Gasteiger partial charge >= 0.3 is 6.18 Å². The van der Waals surface area contributed by atoms with Crippen molar-refractivity contribution in [3.8, 4) is 17.2 Å². The second-order valence-electron chi connectivity index (χ2n) is 5.59. The number of aryl methyl sites for hydroxylation is 1. The number of halogens is 4. The molecule has 0 aromatic heterocycles. The monoisotopic (exact) mass is 387 g/mol. The molecule has 140 valence electrons. The number of primary amides is 1. The summed E-state index contributed by atoms with van der Waals surface area (Å²) in [5.41, 5.74) is 5.07. The van der Waals surface area contributed by atoms with E-state index >= 15 is 0 Å². The summed E-state index contributed by atoms with van der Waals surface area (Å²) in [6.07, 6.45) is -4.80. The highest BCUT2D eigenvalue weighted by molar-refractivity contribution is 6.32. The highest BCUT2D eigenvalue weighted by Crippen LogP contribution is 2.37. The lowest BCUT2D eigenvalue weighted by molar-refractivity contribution is -0.137. The summed E-state index contributed by atoms with van der Waals surface area (Å²) in [4.78, 5) is 11.3. The standard InChI is InChI=1S/C18H17ClF3NO3/c1-3-14(17(23)24)26-15-7-5-12(8-10(15)2)25-16-6-4-11(9-13(16)19)18(20,21)22/h4-9,14H,3H2,1-2H3,(H2,23,24). The maximum Gasteiger partial charge on any atom is 0.416 e.